The monoisotopic (exact) mass is 318 g/mol. The highest BCUT2D eigenvalue weighted by Gasteiger charge is 2.20. The van der Waals surface area contributed by atoms with Gasteiger partial charge in [-0.1, -0.05) is 26.0 Å². The van der Waals surface area contributed by atoms with Gasteiger partial charge in [-0.25, -0.2) is 0 Å². The van der Waals surface area contributed by atoms with E-state index < -0.39 is 0 Å². The lowest BCUT2D eigenvalue weighted by Crippen LogP contribution is -2.21. The van der Waals surface area contributed by atoms with Gasteiger partial charge in [0.05, 0.1) is 6.10 Å². The molecule has 1 aromatic carbocycles. The van der Waals surface area contributed by atoms with E-state index >= 15 is 0 Å². The molecule has 15 heavy (non-hydrogen) atoms. The van der Waals surface area contributed by atoms with E-state index in [9.17, 15) is 5.11 Å². The van der Waals surface area contributed by atoms with E-state index in [0.717, 1.165) is 12.8 Å². The van der Waals surface area contributed by atoms with Gasteiger partial charge < -0.3 is 5.11 Å². The largest absolute Gasteiger partial charge is 0.393 e. The number of aliphatic hydroxyl groups excluding tert-OH is 1. The molecular formula is C13H19IO. The van der Waals surface area contributed by atoms with Crippen molar-refractivity contribution in [3.8, 4) is 0 Å². The molecule has 0 spiro atoms. The van der Waals surface area contributed by atoms with Gasteiger partial charge >= 0.3 is 0 Å². The molecule has 1 atom stereocenters. The molecule has 0 aliphatic rings. The van der Waals surface area contributed by atoms with Gasteiger partial charge in [0.25, 0.3) is 0 Å². The normalized spacial score (nSPS) is 13.9. The number of benzene rings is 1. The number of aliphatic hydroxyl groups is 1. The van der Waals surface area contributed by atoms with Gasteiger partial charge in [0.2, 0.25) is 0 Å². The molecule has 1 rings (SSSR count). The van der Waals surface area contributed by atoms with Crippen molar-refractivity contribution < 1.29 is 5.11 Å². The average molecular weight is 318 g/mol. The molecule has 1 aromatic rings. The molecule has 84 valence electrons. The van der Waals surface area contributed by atoms with E-state index in [1.165, 1.54) is 9.13 Å². The molecular weight excluding hydrogens is 299 g/mol. The number of rotatable bonds is 4. The number of hydrogen-bond acceptors (Lipinski definition) is 1. The van der Waals surface area contributed by atoms with Gasteiger partial charge in [-0.2, -0.15) is 0 Å². The van der Waals surface area contributed by atoms with E-state index in [-0.39, 0.29) is 11.5 Å². The number of hydrogen-bond donors (Lipinski definition) is 1. The summed E-state index contributed by atoms with van der Waals surface area (Å²) in [5.41, 5.74) is 1.52. The second-order valence-corrected chi connectivity index (χ2v) is 6.27. The van der Waals surface area contributed by atoms with Crippen LogP contribution < -0.4 is 0 Å². The van der Waals surface area contributed by atoms with Gasteiger partial charge in [-0.15, -0.1) is 0 Å². The van der Waals surface area contributed by atoms with Crippen LogP contribution in [0.15, 0.2) is 24.3 Å². The first-order chi connectivity index (χ1) is 6.89. The third-order valence-electron chi connectivity index (χ3n) is 2.44. The third kappa shape index (κ3) is 4.98. The summed E-state index contributed by atoms with van der Waals surface area (Å²) in [5, 5.41) is 9.41. The fourth-order valence-electron chi connectivity index (χ4n) is 2.03. The Balaban J connectivity index is 2.64. The van der Waals surface area contributed by atoms with Crippen LogP contribution in [0.4, 0.5) is 0 Å². The number of halogens is 1. The molecule has 0 aromatic heterocycles. The van der Waals surface area contributed by atoms with Crippen LogP contribution in [0.5, 0.6) is 0 Å². The fraction of sp³-hybridized carbons (Fsp3) is 0.538. The first kappa shape index (κ1) is 13.0. The van der Waals surface area contributed by atoms with Crippen LogP contribution in [-0.2, 0) is 6.42 Å². The summed E-state index contributed by atoms with van der Waals surface area (Å²) in [6.07, 6.45) is 1.65. The molecule has 1 N–H and O–H groups in total. The van der Waals surface area contributed by atoms with E-state index in [2.05, 4.69) is 60.7 Å². The molecule has 0 fully saturated rings. The molecule has 0 aliphatic carbocycles. The van der Waals surface area contributed by atoms with Crippen LogP contribution in [0, 0.1) is 8.99 Å². The summed E-state index contributed by atoms with van der Waals surface area (Å²) in [6.45, 7) is 6.27. The maximum Gasteiger partial charge on any atom is 0.0517 e. The second-order valence-electron chi connectivity index (χ2n) is 5.02. The lowest BCUT2D eigenvalue weighted by Gasteiger charge is -2.26. The molecule has 0 bridgehead atoms. The Hall–Kier alpha value is -0.0900. The Labute approximate surface area is 106 Å². The smallest absolute Gasteiger partial charge is 0.0517 e. The van der Waals surface area contributed by atoms with Gasteiger partial charge in [0.1, 0.15) is 0 Å². The van der Waals surface area contributed by atoms with Crippen molar-refractivity contribution in [3.05, 3.63) is 33.4 Å². The van der Waals surface area contributed by atoms with Crippen LogP contribution in [0.3, 0.4) is 0 Å². The lowest BCUT2D eigenvalue weighted by molar-refractivity contribution is 0.129. The van der Waals surface area contributed by atoms with Crippen molar-refractivity contribution in [3.63, 3.8) is 0 Å². The van der Waals surface area contributed by atoms with Crippen molar-refractivity contribution in [2.24, 2.45) is 5.41 Å². The summed E-state index contributed by atoms with van der Waals surface area (Å²) >= 11 is 2.31. The van der Waals surface area contributed by atoms with Crippen molar-refractivity contribution in [1.82, 2.24) is 0 Å². The van der Waals surface area contributed by atoms with Crippen LogP contribution in [0.1, 0.15) is 32.8 Å². The lowest BCUT2D eigenvalue weighted by atomic mass is 9.81. The predicted octanol–water partition coefficient (Wildman–Crippen LogP) is 3.63. The zero-order chi connectivity index (χ0) is 11.5. The Bertz CT molecular complexity index is 301. The maximum atomic E-state index is 9.41. The second kappa shape index (κ2) is 5.30. The summed E-state index contributed by atoms with van der Waals surface area (Å²) < 4.78 is 1.27. The van der Waals surface area contributed by atoms with E-state index in [4.69, 9.17) is 0 Å². The minimum atomic E-state index is -0.219. The molecule has 0 aliphatic heterocycles. The minimum Gasteiger partial charge on any atom is -0.393 e. The van der Waals surface area contributed by atoms with Crippen LogP contribution in [0.25, 0.3) is 0 Å². The summed E-state index contributed by atoms with van der Waals surface area (Å²) in [6, 6.07) is 8.61. The molecule has 1 nitrogen and oxygen atoms in total. The van der Waals surface area contributed by atoms with E-state index in [1.807, 2.05) is 6.92 Å². The predicted molar refractivity (Wildman–Crippen MR) is 72.9 cm³/mol. The van der Waals surface area contributed by atoms with Crippen molar-refractivity contribution in [1.29, 1.82) is 0 Å². The topological polar surface area (TPSA) is 20.2 Å². The van der Waals surface area contributed by atoms with Gasteiger partial charge in [0, 0.05) is 3.57 Å². The fourth-order valence-corrected chi connectivity index (χ4v) is 2.39. The van der Waals surface area contributed by atoms with Crippen molar-refractivity contribution in [2.75, 3.05) is 0 Å². The highest BCUT2D eigenvalue weighted by atomic mass is 127. The zero-order valence-corrected chi connectivity index (χ0v) is 11.8. The summed E-state index contributed by atoms with van der Waals surface area (Å²) in [4.78, 5) is 0. The van der Waals surface area contributed by atoms with Crippen LogP contribution in [0.2, 0.25) is 0 Å². The first-order valence-electron chi connectivity index (χ1n) is 5.31. The molecule has 0 amide bonds. The van der Waals surface area contributed by atoms with Gasteiger partial charge in [-0.3, -0.25) is 0 Å². The molecule has 0 radical (unpaired) electrons. The highest BCUT2D eigenvalue weighted by Crippen LogP contribution is 2.27. The van der Waals surface area contributed by atoms with E-state index in [0.29, 0.717) is 0 Å². The highest BCUT2D eigenvalue weighted by molar-refractivity contribution is 14.1. The molecule has 0 saturated carbocycles. The van der Waals surface area contributed by atoms with Crippen LogP contribution >= 0.6 is 22.6 Å². The van der Waals surface area contributed by atoms with Gasteiger partial charge in [0.15, 0.2) is 0 Å². The first-order valence-corrected chi connectivity index (χ1v) is 6.39. The average Bonchev–Trinajstić information content (AvgIpc) is 2.06. The maximum absolute atomic E-state index is 9.41. The molecule has 1 unspecified atom stereocenters. The Morgan fingerprint density at radius 2 is 1.80 bits per heavy atom. The van der Waals surface area contributed by atoms with E-state index in [1.54, 1.807) is 0 Å². The zero-order valence-electron chi connectivity index (χ0n) is 9.63. The Morgan fingerprint density at radius 1 is 1.27 bits per heavy atom. The quantitative estimate of drug-likeness (QED) is 0.841. The standard InChI is InChI=1S/C13H19IO/c1-10(15)8-13(2,3)9-11-4-6-12(14)7-5-11/h4-7,10,15H,8-9H2,1-3H3. The SMILES string of the molecule is CC(O)CC(C)(C)Cc1ccc(I)cc1. The third-order valence-corrected chi connectivity index (χ3v) is 3.16. The minimum absolute atomic E-state index is 0.168. The molecule has 0 saturated heterocycles. The summed E-state index contributed by atoms with van der Waals surface area (Å²) in [5.74, 6) is 0. The molecule has 0 heterocycles. The van der Waals surface area contributed by atoms with Crippen LogP contribution in [-0.4, -0.2) is 11.2 Å². The van der Waals surface area contributed by atoms with Crippen molar-refractivity contribution >= 4 is 22.6 Å². The van der Waals surface area contributed by atoms with Gasteiger partial charge in [-0.05, 0) is 65.5 Å². The summed E-state index contributed by atoms with van der Waals surface area (Å²) in [7, 11) is 0. The molecule has 2 heteroatoms. The Morgan fingerprint density at radius 3 is 2.27 bits per heavy atom. The Kier molecular flexibility index (Phi) is 4.59. The van der Waals surface area contributed by atoms with Crippen molar-refractivity contribution in [2.45, 2.75) is 39.7 Å².